The van der Waals surface area contributed by atoms with E-state index in [4.69, 9.17) is 4.74 Å². The van der Waals surface area contributed by atoms with Gasteiger partial charge in [0.2, 0.25) is 15.9 Å². The molecule has 1 aromatic heterocycles. The highest BCUT2D eigenvalue weighted by molar-refractivity contribution is 7.89. The number of ether oxygens (including phenoxy) is 1. The van der Waals surface area contributed by atoms with Crippen LogP contribution in [0.25, 0.3) is 0 Å². The summed E-state index contributed by atoms with van der Waals surface area (Å²) in [4.78, 5) is 25.1. The predicted octanol–water partition coefficient (Wildman–Crippen LogP) is 2.93. The topological polar surface area (TPSA) is 128 Å². The highest BCUT2D eigenvalue weighted by atomic mass is 32.2. The zero-order valence-electron chi connectivity index (χ0n) is 18.7. The number of likely N-dealkylation sites (tertiary alicyclic amines) is 1. The summed E-state index contributed by atoms with van der Waals surface area (Å²) in [5.74, 6) is 0.0211. The Morgan fingerprint density at radius 3 is 2.39 bits per heavy atom. The van der Waals surface area contributed by atoms with Crippen molar-refractivity contribution in [3.05, 3.63) is 39.6 Å². The number of non-ortho nitro benzene ring substituents is 1. The second-order valence-corrected chi connectivity index (χ2v) is 10.1. The van der Waals surface area contributed by atoms with Gasteiger partial charge in [-0.15, -0.1) is 0 Å². The van der Waals surface area contributed by atoms with Crippen LogP contribution in [0.5, 0.6) is 11.6 Å². The maximum atomic E-state index is 13.3. The van der Waals surface area contributed by atoms with E-state index in [-0.39, 0.29) is 33.8 Å². The Morgan fingerprint density at radius 2 is 1.79 bits per heavy atom. The van der Waals surface area contributed by atoms with Crippen molar-refractivity contribution in [2.24, 2.45) is 0 Å². The van der Waals surface area contributed by atoms with Gasteiger partial charge in [-0.25, -0.2) is 13.1 Å². The fourth-order valence-corrected chi connectivity index (χ4v) is 5.87. The van der Waals surface area contributed by atoms with E-state index in [0.717, 1.165) is 31.7 Å². The average Bonchev–Trinajstić information content (AvgIpc) is 3.56. The number of nitrogens with zero attached hydrogens (tertiary/aromatic N) is 5. The second kappa shape index (κ2) is 9.10. The lowest BCUT2D eigenvalue weighted by atomic mass is 10.2. The minimum absolute atomic E-state index is 0.0367. The third-order valence-corrected chi connectivity index (χ3v) is 7.97. The molecule has 2 saturated heterocycles. The van der Waals surface area contributed by atoms with Crippen LogP contribution in [0.3, 0.4) is 0 Å². The van der Waals surface area contributed by atoms with Crippen molar-refractivity contribution in [3.63, 3.8) is 0 Å². The molecule has 2 aromatic rings. The fraction of sp³-hybridized carbons (Fsp3) is 0.524. The number of carbonyl (C=O) groups excluding carboxylic acids is 1. The number of hydrogen-bond acceptors (Lipinski definition) is 7. The summed E-state index contributed by atoms with van der Waals surface area (Å²) in [6.45, 7) is 5.99. The summed E-state index contributed by atoms with van der Waals surface area (Å²) in [6.07, 6.45) is 3.36. The molecule has 0 bridgehead atoms. The molecule has 1 aromatic carbocycles. The smallest absolute Gasteiger partial charge is 0.274 e. The number of benzene rings is 1. The molecule has 4 rings (SSSR count). The predicted molar refractivity (Wildman–Crippen MR) is 119 cm³/mol. The lowest BCUT2D eigenvalue weighted by Gasteiger charge is -2.18. The maximum absolute atomic E-state index is 13.3. The quantitative estimate of drug-likeness (QED) is 0.443. The number of aromatic nitrogens is 2. The molecule has 3 heterocycles. The average molecular weight is 478 g/mol. The van der Waals surface area contributed by atoms with E-state index in [9.17, 15) is 23.3 Å². The van der Waals surface area contributed by atoms with Gasteiger partial charge in [0.15, 0.2) is 5.69 Å². The summed E-state index contributed by atoms with van der Waals surface area (Å²) in [5.41, 5.74) is 0.418. The van der Waals surface area contributed by atoms with Gasteiger partial charge in [-0.2, -0.15) is 9.40 Å². The third-order valence-electron chi connectivity index (χ3n) is 6.05. The van der Waals surface area contributed by atoms with Crippen LogP contribution < -0.4 is 4.74 Å². The molecule has 1 amide bonds. The monoisotopic (exact) mass is 477 g/mol. The molecular weight excluding hydrogens is 450 g/mol. The van der Waals surface area contributed by atoms with Crippen molar-refractivity contribution >= 4 is 21.6 Å². The molecule has 0 radical (unpaired) electrons. The molecule has 0 atom stereocenters. The second-order valence-electron chi connectivity index (χ2n) is 8.20. The number of nitro benzene ring substituents is 1. The van der Waals surface area contributed by atoms with E-state index in [1.165, 1.54) is 21.1 Å². The number of amides is 1. The SMILES string of the molecule is CCn1nc(C(=O)N2CCCC2)c(C)c1Oc1ccc([N+](=O)[O-])cc1S(=O)(=O)N1CCCC1. The fourth-order valence-electron chi connectivity index (χ4n) is 4.22. The van der Waals surface area contributed by atoms with Gasteiger partial charge in [-0.1, -0.05) is 0 Å². The first-order chi connectivity index (χ1) is 15.7. The van der Waals surface area contributed by atoms with E-state index < -0.39 is 14.9 Å². The van der Waals surface area contributed by atoms with E-state index in [2.05, 4.69) is 5.10 Å². The lowest BCUT2D eigenvalue weighted by Crippen LogP contribution is -2.28. The van der Waals surface area contributed by atoms with Crippen molar-refractivity contribution in [1.82, 2.24) is 19.0 Å². The molecule has 0 spiro atoms. The summed E-state index contributed by atoms with van der Waals surface area (Å²) >= 11 is 0. The zero-order chi connectivity index (χ0) is 23.8. The van der Waals surface area contributed by atoms with Crippen LogP contribution in [-0.4, -0.2) is 64.4 Å². The van der Waals surface area contributed by atoms with Crippen molar-refractivity contribution in [2.45, 2.75) is 51.0 Å². The molecule has 2 aliphatic heterocycles. The van der Waals surface area contributed by atoms with Crippen molar-refractivity contribution in [3.8, 4) is 11.6 Å². The molecule has 2 aliphatic rings. The van der Waals surface area contributed by atoms with Crippen LogP contribution >= 0.6 is 0 Å². The highest BCUT2D eigenvalue weighted by Gasteiger charge is 2.33. The molecule has 178 valence electrons. The Bertz CT molecular complexity index is 1180. The first-order valence-corrected chi connectivity index (χ1v) is 12.5. The number of hydrogen-bond donors (Lipinski definition) is 0. The van der Waals surface area contributed by atoms with Gasteiger partial charge in [0, 0.05) is 50.4 Å². The summed E-state index contributed by atoms with van der Waals surface area (Å²) < 4.78 is 35.4. The number of carbonyl (C=O) groups is 1. The Morgan fingerprint density at radius 1 is 1.15 bits per heavy atom. The van der Waals surface area contributed by atoms with Crippen LogP contribution in [0.2, 0.25) is 0 Å². The molecule has 11 nitrogen and oxygen atoms in total. The lowest BCUT2D eigenvalue weighted by molar-refractivity contribution is -0.385. The van der Waals surface area contributed by atoms with Gasteiger partial charge in [0.25, 0.3) is 11.6 Å². The normalized spacial score (nSPS) is 17.0. The largest absolute Gasteiger partial charge is 0.438 e. The van der Waals surface area contributed by atoms with Crippen molar-refractivity contribution in [2.75, 3.05) is 26.2 Å². The first-order valence-electron chi connectivity index (χ1n) is 11.1. The van der Waals surface area contributed by atoms with Crippen LogP contribution in [0.15, 0.2) is 23.1 Å². The van der Waals surface area contributed by atoms with Crippen LogP contribution in [0.4, 0.5) is 5.69 Å². The number of nitro groups is 1. The van der Waals surface area contributed by atoms with E-state index >= 15 is 0 Å². The van der Waals surface area contributed by atoms with Gasteiger partial charge in [-0.3, -0.25) is 14.9 Å². The summed E-state index contributed by atoms with van der Waals surface area (Å²) in [7, 11) is -4.00. The Labute approximate surface area is 192 Å². The van der Waals surface area contributed by atoms with E-state index in [0.29, 0.717) is 38.3 Å². The Balaban J connectivity index is 1.76. The standard InChI is InChI=1S/C21H27N5O6S/c1-3-25-21(15(2)19(22-25)20(27)23-10-4-5-11-23)32-17-9-8-16(26(28)29)14-18(17)33(30,31)24-12-6-7-13-24/h8-9,14H,3-7,10-13H2,1-2H3. The van der Waals surface area contributed by atoms with Gasteiger partial charge in [-0.05, 0) is 45.6 Å². The molecule has 12 heteroatoms. The molecule has 33 heavy (non-hydrogen) atoms. The van der Waals surface area contributed by atoms with Crippen LogP contribution in [0, 0.1) is 17.0 Å². The zero-order valence-corrected chi connectivity index (χ0v) is 19.5. The van der Waals surface area contributed by atoms with Gasteiger partial charge in [0.1, 0.15) is 10.6 Å². The van der Waals surface area contributed by atoms with Gasteiger partial charge >= 0.3 is 0 Å². The molecule has 0 saturated carbocycles. The van der Waals surface area contributed by atoms with Crippen LogP contribution in [-0.2, 0) is 16.6 Å². The minimum atomic E-state index is -4.00. The molecule has 2 fully saturated rings. The molecule has 0 N–H and O–H groups in total. The first kappa shape index (κ1) is 23.2. The molecule has 0 unspecified atom stereocenters. The summed E-state index contributed by atoms with van der Waals surface area (Å²) in [6, 6.07) is 3.52. The Hall–Kier alpha value is -2.99. The number of aryl methyl sites for hydroxylation is 1. The minimum Gasteiger partial charge on any atom is -0.438 e. The molecular formula is C21H27N5O6S. The van der Waals surface area contributed by atoms with Crippen molar-refractivity contribution < 1.29 is 22.9 Å². The highest BCUT2D eigenvalue weighted by Crippen LogP contribution is 2.36. The molecule has 0 aliphatic carbocycles. The van der Waals surface area contributed by atoms with Crippen LogP contribution in [0.1, 0.15) is 48.7 Å². The summed E-state index contributed by atoms with van der Waals surface area (Å²) in [5, 5.41) is 15.7. The van der Waals surface area contributed by atoms with Crippen molar-refractivity contribution in [1.29, 1.82) is 0 Å². The van der Waals surface area contributed by atoms with E-state index in [1.807, 2.05) is 6.92 Å². The van der Waals surface area contributed by atoms with Gasteiger partial charge in [0.05, 0.1) is 4.92 Å². The maximum Gasteiger partial charge on any atom is 0.274 e. The Kier molecular flexibility index (Phi) is 6.39. The number of rotatable bonds is 7. The number of sulfonamides is 1. The third kappa shape index (κ3) is 4.32. The van der Waals surface area contributed by atoms with E-state index in [1.54, 1.807) is 11.8 Å². The van der Waals surface area contributed by atoms with Gasteiger partial charge < -0.3 is 9.64 Å².